The van der Waals surface area contributed by atoms with Crippen molar-refractivity contribution in [3.8, 4) is 11.5 Å². The van der Waals surface area contributed by atoms with Crippen molar-refractivity contribution in [1.29, 1.82) is 0 Å². The van der Waals surface area contributed by atoms with Gasteiger partial charge in [-0.05, 0) is 53.1 Å². The van der Waals surface area contributed by atoms with Crippen LogP contribution < -0.4 is 14.8 Å². The van der Waals surface area contributed by atoms with E-state index in [1.54, 1.807) is 49.4 Å². The van der Waals surface area contributed by atoms with Crippen molar-refractivity contribution in [2.45, 2.75) is 30.5 Å². The number of aromatic nitrogens is 4. The van der Waals surface area contributed by atoms with Crippen molar-refractivity contribution >= 4 is 31.5 Å². The minimum atomic E-state index is -2.21. The van der Waals surface area contributed by atoms with Crippen molar-refractivity contribution in [3.63, 3.8) is 0 Å². The number of nitrogens with one attached hydrogen (secondary N) is 1. The zero-order valence-corrected chi connectivity index (χ0v) is 30.1. The maximum absolute atomic E-state index is 13.0. The fraction of sp³-hybridized carbons (Fsp3) is 0.231. The molecule has 14 heteroatoms. The van der Waals surface area contributed by atoms with Gasteiger partial charge in [0.2, 0.25) is 0 Å². The Morgan fingerprint density at radius 2 is 1.45 bits per heavy atom. The molecule has 0 saturated carbocycles. The topological polar surface area (TPSA) is 148 Å². The van der Waals surface area contributed by atoms with Crippen molar-refractivity contribution in [1.82, 2.24) is 19.5 Å². The molecule has 6 aromatic rings. The lowest BCUT2D eigenvalue weighted by Crippen LogP contribution is -2.38. The summed E-state index contributed by atoms with van der Waals surface area (Å²) in [4.78, 5) is 36.8. The summed E-state index contributed by atoms with van der Waals surface area (Å²) in [7, 11) is 2.42. The molecule has 13 nitrogen and oxygen atoms in total. The van der Waals surface area contributed by atoms with E-state index < -0.39 is 32.6 Å². The third-order valence-electron chi connectivity index (χ3n) is 9.14. The van der Waals surface area contributed by atoms with Gasteiger partial charge in [-0.2, -0.15) is 0 Å². The molecule has 3 heterocycles. The summed E-state index contributed by atoms with van der Waals surface area (Å²) in [5.41, 5.74) is 2.79. The zero-order valence-electron chi connectivity index (χ0n) is 29.2. The highest BCUT2D eigenvalue weighted by Gasteiger charge is 2.44. The van der Waals surface area contributed by atoms with Crippen LogP contribution in [0, 0.1) is 0 Å². The van der Waals surface area contributed by atoms with Crippen molar-refractivity contribution in [2.75, 3.05) is 33.3 Å². The number of benzene rings is 4. The Morgan fingerprint density at radius 1 is 0.849 bits per heavy atom. The summed E-state index contributed by atoms with van der Waals surface area (Å²) in [6.07, 6.45) is 1.31. The summed E-state index contributed by atoms with van der Waals surface area (Å²) in [6, 6.07) is 34.3. The smallest absolute Gasteiger partial charge is 0.329 e. The number of fused-ring (bicyclic) bond motifs is 1. The van der Waals surface area contributed by atoms with Crippen LogP contribution in [0.1, 0.15) is 39.7 Å². The van der Waals surface area contributed by atoms with Crippen LogP contribution in [0.3, 0.4) is 0 Å². The second kappa shape index (κ2) is 16.2. The monoisotopic (exact) mass is 735 g/mol. The molecule has 53 heavy (non-hydrogen) atoms. The minimum absolute atomic E-state index is 0.0427. The maximum Gasteiger partial charge on any atom is 0.329 e. The lowest BCUT2D eigenvalue weighted by Gasteiger charge is -2.37. The number of carbonyl (C=O) groups is 1. The summed E-state index contributed by atoms with van der Waals surface area (Å²) >= 11 is 0. The van der Waals surface area contributed by atoms with Crippen LogP contribution >= 0.6 is 8.60 Å². The number of ether oxygens (including phenoxy) is 4. The predicted octanol–water partition coefficient (Wildman–Crippen LogP) is 6.64. The van der Waals surface area contributed by atoms with E-state index in [1.165, 1.54) is 13.4 Å². The lowest BCUT2D eigenvalue weighted by molar-refractivity contribution is -0.0911. The molecule has 2 N–H and O–H groups in total. The fourth-order valence-electron chi connectivity index (χ4n) is 6.50. The number of imidazole rings is 1. The Balaban J connectivity index is 1.23. The second-order valence-corrected chi connectivity index (χ2v) is 13.2. The first-order chi connectivity index (χ1) is 25.9. The average Bonchev–Trinajstić information content (AvgIpc) is 3.83. The molecule has 4 aromatic carbocycles. The number of hydrogen-bond donors (Lipinski definition) is 2. The third-order valence-corrected chi connectivity index (χ3v) is 9.90. The first kappa shape index (κ1) is 36.1. The second-order valence-electron chi connectivity index (χ2n) is 12.1. The Morgan fingerprint density at radius 3 is 2.06 bits per heavy atom. The molecule has 4 atom stereocenters. The van der Waals surface area contributed by atoms with Gasteiger partial charge in [-0.25, -0.2) is 15.0 Å². The molecule has 0 radical (unpaired) electrons. The van der Waals surface area contributed by atoms with Gasteiger partial charge in [0, 0.05) is 19.1 Å². The first-order valence-corrected chi connectivity index (χ1v) is 17.9. The number of rotatable bonds is 14. The van der Waals surface area contributed by atoms with Gasteiger partial charge >= 0.3 is 8.60 Å². The molecule has 272 valence electrons. The number of hydrogen-bond acceptors (Lipinski definition) is 11. The molecule has 2 aromatic heterocycles. The quantitative estimate of drug-likeness (QED) is 0.0916. The minimum Gasteiger partial charge on any atom is -0.497 e. The van der Waals surface area contributed by atoms with E-state index in [9.17, 15) is 9.69 Å². The van der Waals surface area contributed by atoms with Crippen LogP contribution in [0.2, 0.25) is 0 Å². The van der Waals surface area contributed by atoms with Crippen LogP contribution in [-0.2, 0) is 24.1 Å². The molecule has 1 unspecified atom stereocenters. The largest absolute Gasteiger partial charge is 0.497 e. The highest BCUT2D eigenvalue weighted by molar-refractivity contribution is 7.40. The van der Waals surface area contributed by atoms with Crippen LogP contribution in [0.4, 0.5) is 5.82 Å². The normalized spacial score (nSPS) is 17.8. The molecule has 1 fully saturated rings. The average molecular weight is 736 g/mol. The molecular formula is C39H38N5O8P. The molecule has 0 spiro atoms. The number of anilines is 1. The molecule has 1 saturated heterocycles. The molecule has 1 amide bonds. The lowest BCUT2D eigenvalue weighted by atomic mass is 9.80. The number of carbonyl (C=O) groups excluding carboxylic acids is 1. The Labute approximate surface area is 307 Å². The van der Waals surface area contributed by atoms with Crippen molar-refractivity contribution in [3.05, 3.63) is 144 Å². The molecule has 1 aliphatic rings. The van der Waals surface area contributed by atoms with Gasteiger partial charge in [-0.3, -0.25) is 9.36 Å². The SMILES string of the molecule is COc1ccc(C(OC[C@H]2O[C@@H](n3cnc4c(NC(=O)c5ccccc5)ncnc43)C[C@@H]2OP(O)OC)(c2ccccc2)c2ccc(OC)cc2)cc1. The van der Waals surface area contributed by atoms with Crippen LogP contribution in [0.25, 0.3) is 11.2 Å². The Kier molecular flexibility index (Phi) is 11.0. The van der Waals surface area contributed by atoms with Crippen molar-refractivity contribution in [2.24, 2.45) is 0 Å². The van der Waals surface area contributed by atoms with Crippen molar-refractivity contribution < 1.29 is 37.7 Å². The van der Waals surface area contributed by atoms with Gasteiger partial charge in [0.15, 0.2) is 17.0 Å². The molecule has 7 rings (SSSR count). The molecule has 0 bridgehead atoms. The van der Waals surface area contributed by atoms with E-state index >= 15 is 0 Å². The maximum atomic E-state index is 13.0. The summed E-state index contributed by atoms with van der Waals surface area (Å²) in [5.74, 6) is 1.35. The van der Waals surface area contributed by atoms with Crippen LogP contribution in [0.5, 0.6) is 11.5 Å². The van der Waals surface area contributed by atoms with E-state index in [0.29, 0.717) is 34.6 Å². The van der Waals surface area contributed by atoms with E-state index in [2.05, 4.69) is 20.3 Å². The van der Waals surface area contributed by atoms with Crippen LogP contribution in [-0.4, -0.2) is 70.5 Å². The van der Waals surface area contributed by atoms with Gasteiger partial charge in [0.05, 0.1) is 33.3 Å². The van der Waals surface area contributed by atoms with Crippen LogP contribution in [0.15, 0.2) is 122 Å². The van der Waals surface area contributed by atoms with E-state index in [4.69, 9.17) is 28.0 Å². The number of methoxy groups -OCH3 is 2. The first-order valence-electron chi connectivity index (χ1n) is 16.8. The van der Waals surface area contributed by atoms with Gasteiger partial charge < -0.3 is 38.2 Å². The summed E-state index contributed by atoms with van der Waals surface area (Å²) < 4.78 is 37.7. The van der Waals surface area contributed by atoms with Gasteiger partial charge in [0.25, 0.3) is 5.91 Å². The van der Waals surface area contributed by atoms with Gasteiger partial charge in [0.1, 0.15) is 35.8 Å². The Bertz CT molecular complexity index is 2070. The van der Waals surface area contributed by atoms with E-state index in [0.717, 1.165) is 16.7 Å². The summed E-state index contributed by atoms with van der Waals surface area (Å²) in [5, 5.41) is 2.84. The highest BCUT2D eigenvalue weighted by Crippen LogP contribution is 2.45. The molecule has 1 aliphatic heterocycles. The molecule has 0 aliphatic carbocycles. The van der Waals surface area contributed by atoms with E-state index in [-0.39, 0.29) is 18.3 Å². The third kappa shape index (κ3) is 7.49. The van der Waals surface area contributed by atoms with Gasteiger partial charge in [-0.1, -0.05) is 72.8 Å². The number of nitrogens with zero attached hydrogens (tertiary/aromatic N) is 4. The predicted molar refractivity (Wildman–Crippen MR) is 198 cm³/mol. The molecular weight excluding hydrogens is 697 g/mol. The van der Waals surface area contributed by atoms with E-state index in [1.807, 2.05) is 84.9 Å². The fourth-order valence-corrected chi connectivity index (χ4v) is 7.04. The standard InChI is InChI=1S/C39H38N5O8P/c1-47-30-18-14-28(15-19-30)39(27-12-8-5-9-13-27,29-16-20-31(48-2)21-17-29)50-23-33-32(52-53(46)49-3)22-34(51-33)44-25-42-35-36(40-24-41-37(35)44)43-38(45)26-10-6-4-7-11-26/h4-21,24-25,32-34,46H,22-23H2,1-3H3,(H,40,41,43,45)/t32-,33+,34+,53?/m0/s1. The highest BCUT2D eigenvalue weighted by atomic mass is 31.2. The van der Waals surface area contributed by atoms with Gasteiger partial charge in [-0.15, -0.1) is 0 Å². The zero-order chi connectivity index (χ0) is 36.8. The number of amides is 1. The summed E-state index contributed by atoms with van der Waals surface area (Å²) in [6.45, 7) is 0.0427. The Hall–Kier alpha value is -5.27.